The Kier molecular flexibility index (Phi) is 9.01. The summed E-state index contributed by atoms with van der Waals surface area (Å²) in [4.78, 5) is 12.4. The van der Waals surface area contributed by atoms with E-state index in [0.29, 0.717) is 5.75 Å². The van der Waals surface area contributed by atoms with Gasteiger partial charge in [0, 0.05) is 0 Å². The van der Waals surface area contributed by atoms with Crippen molar-refractivity contribution in [1.82, 2.24) is 0 Å². The minimum absolute atomic E-state index is 0.00997. The lowest BCUT2D eigenvalue weighted by Crippen LogP contribution is -2.30. The van der Waals surface area contributed by atoms with Crippen molar-refractivity contribution < 1.29 is 13.9 Å². The quantitative estimate of drug-likeness (QED) is 0.240. The minimum Gasteiger partial charge on any atom is -0.426 e. The number of hydrogen-bond donors (Lipinski definition) is 0. The minimum atomic E-state index is -0.309. The molecule has 0 spiro atoms. The summed E-state index contributed by atoms with van der Waals surface area (Å²) in [7, 11) is 0. The van der Waals surface area contributed by atoms with Crippen molar-refractivity contribution in [3.8, 4) is 5.75 Å². The number of esters is 1. The van der Waals surface area contributed by atoms with Gasteiger partial charge in [-0.15, -0.1) is 0 Å². The Hall–Kier alpha value is -1.38. The van der Waals surface area contributed by atoms with Crippen LogP contribution < -0.4 is 4.74 Å². The van der Waals surface area contributed by atoms with E-state index in [0.717, 1.165) is 43.4 Å². The van der Waals surface area contributed by atoms with Crippen LogP contribution >= 0.6 is 0 Å². The molecule has 0 N–H and O–H groups in total. The van der Waals surface area contributed by atoms with Crippen LogP contribution in [0.4, 0.5) is 4.39 Å². The number of benzene rings is 1. The van der Waals surface area contributed by atoms with Gasteiger partial charge >= 0.3 is 5.97 Å². The lowest BCUT2D eigenvalue weighted by molar-refractivity contribution is -0.140. The first kappa shape index (κ1) is 22.3. The van der Waals surface area contributed by atoms with Crippen LogP contribution in [0.1, 0.15) is 96.8 Å². The number of ether oxygens (including phenoxy) is 1. The summed E-state index contributed by atoms with van der Waals surface area (Å²) >= 11 is 0. The fourth-order valence-corrected chi connectivity index (χ4v) is 5.51. The number of carbonyl (C=O) groups excluding carboxylic acids is 1. The molecule has 2 nitrogen and oxygen atoms in total. The molecule has 0 radical (unpaired) electrons. The van der Waals surface area contributed by atoms with Crippen molar-refractivity contribution in [2.45, 2.75) is 96.8 Å². The zero-order chi connectivity index (χ0) is 20.5. The first-order chi connectivity index (χ1) is 14.2. The molecule has 0 atom stereocenters. The van der Waals surface area contributed by atoms with Gasteiger partial charge in [0.15, 0.2) is 0 Å². The Morgan fingerprint density at radius 3 is 2.07 bits per heavy atom. The smallest absolute Gasteiger partial charge is 0.314 e. The molecule has 0 saturated heterocycles. The van der Waals surface area contributed by atoms with Gasteiger partial charge in [0.1, 0.15) is 11.6 Å². The lowest BCUT2D eigenvalue weighted by Gasteiger charge is -2.37. The van der Waals surface area contributed by atoms with E-state index in [1.54, 1.807) is 0 Å². The molecule has 0 amide bonds. The largest absolute Gasteiger partial charge is 0.426 e. The molecule has 2 fully saturated rings. The second kappa shape index (κ2) is 11.7. The van der Waals surface area contributed by atoms with Crippen LogP contribution in [0.15, 0.2) is 24.3 Å². The zero-order valence-corrected chi connectivity index (χ0v) is 18.2. The van der Waals surface area contributed by atoms with Crippen molar-refractivity contribution in [3.63, 3.8) is 0 Å². The molecule has 0 bridgehead atoms. The van der Waals surface area contributed by atoms with Gasteiger partial charge in [-0.05, 0) is 80.5 Å². The van der Waals surface area contributed by atoms with Gasteiger partial charge in [-0.3, -0.25) is 4.79 Å². The molecule has 1 aromatic carbocycles. The summed E-state index contributed by atoms with van der Waals surface area (Å²) in [6.45, 7) is 2.28. The molecular weight excluding hydrogens is 363 g/mol. The Balaban J connectivity index is 1.32. The summed E-state index contributed by atoms with van der Waals surface area (Å²) in [6.07, 6.45) is 18.3. The molecule has 1 aromatic rings. The number of halogens is 1. The number of hydrogen-bond acceptors (Lipinski definition) is 2. The van der Waals surface area contributed by atoms with Gasteiger partial charge in [0.05, 0.1) is 5.92 Å². The second-order valence-electron chi connectivity index (χ2n) is 9.47. The van der Waals surface area contributed by atoms with E-state index in [1.807, 2.05) is 0 Å². The predicted octanol–water partition coefficient (Wildman–Crippen LogP) is 7.70. The highest BCUT2D eigenvalue weighted by Gasteiger charge is 2.33. The first-order valence-corrected chi connectivity index (χ1v) is 12.1. The lowest BCUT2D eigenvalue weighted by atomic mass is 9.68. The molecule has 3 heteroatoms. The van der Waals surface area contributed by atoms with Gasteiger partial charge < -0.3 is 4.74 Å². The first-order valence-electron chi connectivity index (χ1n) is 12.1. The van der Waals surface area contributed by atoms with E-state index in [-0.39, 0.29) is 17.7 Å². The van der Waals surface area contributed by atoms with Crippen LogP contribution in [0, 0.1) is 29.5 Å². The average Bonchev–Trinajstić information content (AvgIpc) is 2.76. The fourth-order valence-electron chi connectivity index (χ4n) is 5.51. The van der Waals surface area contributed by atoms with Crippen molar-refractivity contribution in [2.24, 2.45) is 23.7 Å². The molecule has 0 aliphatic heterocycles. The maximum absolute atomic E-state index is 13.0. The third-order valence-corrected chi connectivity index (χ3v) is 7.41. The molecule has 2 aliphatic carbocycles. The van der Waals surface area contributed by atoms with Crippen LogP contribution in [0.2, 0.25) is 0 Å². The van der Waals surface area contributed by atoms with E-state index in [4.69, 9.17) is 4.74 Å². The van der Waals surface area contributed by atoms with Crippen LogP contribution in [0.5, 0.6) is 5.75 Å². The van der Waals surface area contributed by atoms with Crippen LogP contribution in [-0.2, 0) is 4.79 Å². The van der Waals surface area contributed by atoms with Gasteiger partial charge in [-0.2, -0.15) is 0 Å². The monoisotopic (exact) mass is 402 g/mol. The summed E-state index contributed by atoms with van der Waals surface area (Å²) in [6, 6.07) is 5.73. The van der Waals surface area contributed by atoms with Crippen molar-refractivity contribution >= 4 is 5.97 Å². The van der Waals surface area contributed by atoms with E-state index in [9.17, 15) is 9.18 Å². The highest BCUT2D eigenvalue weighted by molar-refractivity contribution is 5.75. The van der Waals surface area contributed by atoms with E-state index < -0.39 is 0 Å². The molecule has 0 aromatic heterocycles. The summed E-state index contributed by atoms with van der Waals surface area (Å²) in [5.74, 6) is 2.66. The highest BCUT2D eigenvalue weighted by atomic mass is 19.1. The second-order valence-corrected chi connectivity index (χ2v) is 9.47. The number of carbonyl (C=O) groups is 1. The predicted molar refractivity (Wildman–Crippen MR) is 116 cm³/mol. The summed E-state index contributed by atoms with van der Waals surface area (Å²) < 4.78 is 18.4. The van der Waals surface area contributed by atoms with Gasteiger partial charge in [-0.25, -0.2) is 4.39 Å². The normalized spacial score (nSPS) is 27.5. The summed E-state index contributed by atoms with van der Waals surface area (Å²) in [5, 5.41) is 0. The van der Waals surface area contributed by atoms with Crippen LogP contribution in [-0.4, -0.2) is 5.97 Å². The number of rotatable bonds is 9. The Labute approximate surface area is 176 Å². The standard InChI is InChI=1S/C26H39FO2/c1-2-3-4-5-6-7-20-8-10-21(11-9-20)22-12-14-23(15-13-22)26(28)29-25-18-16-24(27)17-19-25/h16-23H,2-15H2,1H3. The van der Waals surface area contributed by atoms with Gasteiger partial charge in [-0.1, -0.05) is 58.3 Å². The Morgan fingerprint density at radius 1 is 0.862 bits per heavy atom. The third-order valence-electron chi connectivity index (χ3n) is 7.41. The molecule has 0 heterocycles. The topological polar surface area (TPSA) is 26.3 Å². The molecule has 29 heavy (non-hydrogen) atoms. The van der Waals surface area contributed by atoms with Gasteiger partial charge in [0.2, 0.25) is 0 Å². The maximum Gasteiger partial charge on any atom is 0.314 e. The average molecular weight is 403 g/mol. The van der Waals surface area contributed by atoms with Crippen molar-refractivity contribution in [3.05, 3.63) is 30.1 Å². The fraction of sp³-hybridized carbons (Fsp3) is 0.731. The molecule has 2 saturated carbocycles. The molecule has 162 valence electrons. The van der Waals surface area contributed by atoms with E-state index in [2.05, 4.69) is 6.92 Å². The molecular formula is C26H39FO2. The summed E-state index contributed by atoms with van der Waals surface area (Å²) in [5.41, 5.74) is 0. The van der Waals surface area contributed by atoms with Crippen LogP contribution in [0.3, 0.4) is 0 Å². The number of unbranched alkanes of at least 4 members (excludes halogenated alkanes) is 4. The maximum atomic E-state index is 13.0. The van der Waals surface area contributed by atoms with Crippen molar-refractivity contribution in [2.75, 3.05) is 0 Å². The van der Waals surface area contributed by atoms with E-state index >= 15 is 0 Å². The molecule has 0 unspecified atom stereocenters. The SMILES string of the molecule is CCCCCCCC1CCC(C2CCC(C(=O)Oc3ccc(F)cc3)CC2)CC1. The zero-order valence-electron chi connectivity index (χ0n) is 18.2. The third kappa shape index (κ3) is 7.12. The van der Waals surface area contributed by atoms with Crippen LogP contribution in [0.25, 0.3) is 0 Å². The van der Waals surface area contributed by atoms with Gasteiger partial charge in [0.25, 0.3) is 0 Å². The Morgan fingerprint density at radius 2 is 1.45 bits per heavy atom. The highest BCUT2D eigenvalue weighted by Crippen LogP contribution is 2.42. The van der Waals surface area contributed by atoms with Crippen molar-refractivity contribution in [1.29, 1.82) is 0 Å². The Bertz CT molecular complexity index is 596. The van der Waals surface area contributed by atoms with E-state index in [1.165, 1.54) is 88.5 Å². The molecule has 2 aliphatic rings. The molecule has 3 rings (SSSR count).